The Morgan fingerprint density at radius 3 is 2.04 bits per heavy atom. The fourth-order valence-corrected chi connectivity index (χ4v) is 6.01. The zero-order valence-electron chi connectivity index (χ0n) is 25.3. The largest absolute Gasteiger partial charge is 0.444 e. The highest BCUT2D eigenvalue weighted by Gasteiger charge is 2.71. The fourth-order valence-electron chi connectivity index (χ4n) is 5.05. The molecule has 0 saturated heterocycles. The molecular weight excluding hydrogens is 678 g/mol. The van der Waals surface area contributed by atoms with E-state index in [1.54, 1.807) is 20.8 Å². The fraction of sp³-hybridized carbons (Fsp3) is 0.355. The number of benzene rings is 3. The minimum absolute atomic E-state index is 0.0285. The van der Waals surface area contributed by atoms with Crippen LogP contribution in [0.1, 0.15) is 43.5 Å². The molecule has 1 heterocycles. The Labute approximate surface area is 271 Å². The molecule has 0 spiro atoms. The number of ether oxygens (including phenoxy) is 1. The average molecular weight is 707 g/mol. The van der Waals surface area contributed by atoms with Gasteiger partial charge in [0.25, 0.3) is 11.5 Å². The van der Waals surface area contributed by atoms with Gasteiger partial charge in [-0.15, -0.1) is 0 Å². The number of nitrogens with one attached hydrogen (secondary N) is 1. The number of alkyl halides is 6. The number of hydrogen-bond donors (Lipinski definition) is 2. The normalized spacial score (nSPS) is 16.0. The zero-order valence-corrected chi connectivity index (χ0v) is 26.8. The third-order valence-corrected chi connectivity index (χ3v) is 8.74. The summed E-state index contributed by atoms with van der Waals surface area (Å²) in [4.78, 5) is 28.1. The SMILES string of the molecule is CC(C)(C)OC(=O)N1CCc2cc(S(C)(=O)=O)ccc2C1C(=O)Nc1ccc(-c2ccc(C(O)(C(F)(F)F)C(F)(F)F)cc2)c(Cl)c1. The minimum atomic E-state index is -6.04. The van der Waals surface area contributed by atoms with Crippen molar-refractivity contribution in [3.63, 3.8) is 0 Å². The van der Waals surface area contributed by atoms with Crippen molar-refractivity contribution in [3.05, 3.63) is 82.4 Å². The summed E-state index contributed by atoms with van der Waals surface area (Å²) in [7, 11) is -3.56. The number of rotatable bonds is 5. The van der Waals surface area contributed by atoms with Crippen LogP contribution in [0.15, 0.2) is 65.6 Å². The molecule has 0 bridgehead atoms. The third kappa shape index (κ3) is 7.36. The van der Waals surface area contributed by atoms with Crippen LogP contribution in [0.2, 0.25) is 5.02 Å². The molecule has 1 unspecified atom stereocenters. The van der Waals surface area contributed by atoms with Crippen LogP contribution in [0.4, 0.5) is 36.8 Å². The van der Waals surface area contributed by atoms with Crippen molar-refractivity contribution >= 4 is 39.1 Å². The molecule has 1 atom stereocenters. The van der Waals surface area contributed by atoms with Gasteiger partial charge in [0.1, 0.15) is 11.6 Å². The van der Waals surface area contributed by atoms with E-state index in [1.807, 2.05) is 0 Å². The van der Waals surface area contributed by atoms with Gasteiger partial charge in [-0.1, -0.05) is 48.0 Å². The van der Waals surface area contributed by atoms with Crippen LogP contribution in [0.25, 0.3) is 11.1 Å². The van der Waals surface area contributed by atoms with E-state index >= 15 is 0 Å². The molecule has 16 heteroatoms. The molecule has 3 aromatic rings. The third-order valence-electron chi connectivity index (χ3n) is 7.32. The predicted molar refractivity (Wildman–Crippen MR) is 160 cm³/mol. The summed E-state index contributed by atoms with van der Waals surface area (Å²) in [5.74, 6) is -0.698. The quantitative estimate of drug-likeness (QED) is 0.272. The first-order valence-corrected chi connectivity index (χ1v) is 16.1. The van der Waals surface area contributed by atoms with Crippen LogP contribution in [-0.4, -0.2) is 61.2 Å². The van der Waals surface area contributed by atoms with E-state index in [4.69, 9.17) is 16.3 Å². The number of aliphatic hydroxyl groups is 1. The van der Waals surface area contributed by atoms with Gasteiger partial charge in [0.05, 0.1) is 9.92 Å². The predicted octanol–water partition coefficient (Wildman–Crippen LogP) is 7.20. The number of hydrogen-bond acceptors (Lipinski definition) is 6. The molecule has 2 amide bonds. The van der Waals surface area contributed by atoms with Crippen LogP contribution in [0.3, 0.4) is 0 Å². The number of carbonyl (C=O) groups excluding carboxylic acids is 2. The van der Waals surface area contributed by atoms with Gasteiger partial charge >= 0.3 is 18.4 Å². The lowest BCUT2D eigenvalue weighted by Gasteiger charge is -2.37. The van der Waals surface area contributed by atoms with Gasteiger partial charge in [-0.25, -0.2) is 13.2 Å². The Morgan fingerprint density at radius 2 is 1.53 bits per heavy atom. The topological polar surface area (TPSA) is 113 Å². The van der Waals surface area contributed by atoms with E-state index in [9.17, 15) is 49.5 Å². The molecule has 3 aromatic carbocycles. The molecule has 8 nitrogen and oxygen atoms in total. The molecule has 2 N–H and O–H groups in total. The molecule has 254 valence electrons. The molecule has 4 rings (SSSR count). The summed E-state index contributed by atoms with van der Waals surface area (Å²) in [6, 6.07) is 9.85. The Balaban J connectivity index is 1.65. The lowest BCUT2D eigenvalue weighted by molar-refractivity contribution is -0.376. The Bertz CT molecular complexity index is 1790. The zero-order chi connectivity index (χ0) is 35.3. The Morgan fingerprint density at radius 1 is 0.936 bits per heavy atom. The summed E-state index contributed by atoms with van der Waals surface area (Å²) in [6.45, 7) is 4.99. The first-order chi connectivity index (χ1) is 21.4. The van der Waals surface area contributed by atoms with Crippen LogP contribution < -0.4 is 5.32 Å². The molecule has 47 heavy (non-hydrogen) atoms. The lowest BCUT2D eigenvalue weighted by atomic mass is 9.90. The second-order valence-electron chi connectivity index (χ2n) is 11.9. The summed E-state index contributed by atoms with van der Waals surface area (Å²) in [6.07, 6.45) is -11.6. The highest BCUT2D eigenvalue weighted by Crippen LogP contribution is 2.50. The standard InChI is InChI=1S/C31H29ClF6N2O6S/c1-28(2,3)46-27(42)40-14-13-18-15-21(47(4,44)45)10-12-23(18)25(40)26(41)39-20-9-11-22(24(32)16-20)17-5-7-19(8-6-17)29(43,30(33,34)35)31(36,37)38/h5-12,15-16,25,43H,13-14H2,1-4H3,(H,39,41). The van der Waals surface area contributed by atoms with Gasteiger partial charge in [0.2, 0.25) is 0 Å². The van der Waals surface area contributed by atoms with Gasteiger partial charge < -0.3 is 15.2 Å². The van der Waals surface area contributed by atoms with Gasteiger partial charge in [-0.2, -0.15) is 26.3 Å². The monoisotopic (exact) mass is 706 g/mol. The number of sulfone groups is 1. The summed E-state index contributed by atoms with van der Waals surface area (Å²) < 4.78 is 109. The number of anilines is 1. The van der Waals surface area contributed by atoms with Gasteiger partial charge in [-0.05, 0) is 68.1 Å². The van der Waals surface area contributed by atoms with E-state index in [0.717, 1.165) is 18.4 Å². The molecule has 0 saturated carbocycles. The molecule has 0 aromatic heterocycles. The molecule has 1 aliphatic heterocycles. The second-order valence-corrected chi connectivity index (χ2v) is 14.3. The first kappa shape index (κ1) is 36.0. The van der Waals surface area contributed by atoms with E-state index in [-0.39, 0.29) is 39.7 Å². The number of carbonyl (C=O) groups is 2. The van der Waals surface area contributed by atoms with Crippen LogP contribution in [-0.2, 0) is 31.4 Å². The van der Waals surface area contributed by atoms with Crippen molar-refractivity contribution in [1.29, 1.82) is 0 Å². The molecule has 0 fully saturated rings. The van der Waals surface area contributed by atoms with Gasteiger partial charge in [0, 0.05) is 29.6 Å². The average Bonchev–Trinajstić information content (AvgIpc) is 2.93. The number of halogens is 7. The van der Waals surface area contributed by atoms with E-state index in [0.29, 0.717) is 23.3 Å². The Hall–Kier alpha value is -3.82. The van der Waals surface area contributed by atoms with Gasteiger partial charge in [-0.3, -0.25) is 9.69 Å². The van der Waals surface area contributed by atoms with E-state index in [1.165, 1.54) is 41.3 Å². The maximum absolute atomic E-state index is 13.7. The van der Waals surface area contributed by atoms with Crippen LogP contribution in [0.5, 0.6) is 0 Å². The summed E-state index contributed by atoms with van der Waals surface area (Å²) in [5, 5.41) is 12.3. The maximum Gasteiger partial charge on any atom is 0.430 e. The molecule has 0 aliphatic carbocycles. The highest BCUT2D eigenvalue weighted by molar-refractivity contribution is 7.90. The molecule has 1 aliphatic rings. The first-order valence-electron chi connectivity index (χ1n) is 13.8. The van der Waals surface area contributed by atoms with Crippen molar-refractivity contribution in [2.75, 3.05) is 18.1 Å². The number of fused-ring (bicyclic) bond motifs is 1. The van der Waals surface area contributed by atoms with Crippen LogP contribution in [0, 0.1) is 0 Å². The Kier molecular flexibility index (Phi) is 9.45. The van der Waals surface area contributed by atoms with E-state index < -0.39 is 57.0 Å². The van der Waals surface area contributed by atoms with E-state index in [2.05, 4.69) is 5.32 Å². The number of amides is 2. The van der Waals surface area contributed by atoms with Crippen molar-refractivity contribution in [3.8, 4) is 11.1 Å². The van der Waals surface area contributed by atoms with Crippen LogP contribution >= 0.6 is 11.6 Å². The highest BCUT2D eigenvalue weighted by atomic mass is 35.5. The van der Waals surface area contributed by atoms with Crippen molar-refractivity contribution in [2.24, 2.45) is 0 Å². The van der Waals surface area contributed by atoms with Crippen molar-refractivity contribution in [1.82, 2.24) is 4.90 Å². The van der Waals surface area contributed by atoms with Gasteiger partial charge in [0.15, 0.2) is 9.84 Å². The molecule has 0 radical (unpaired) electrons. The number of nitrogens with zero attached hydrogens (tertiary/aromatic N) is 1. The maximum atomic E-state index is 13.7. The minimum Gasteiger partial charge on any atom is -0.444 e. The smallest absolute Gasteiger partial charge is 0.430 e. The van der Waals surface area contributed by atoms with Crippen molar-refractivity contribution < 1.29 is 54.2 Å². The summed E-state index contributed by atoms with van der Waals surface area (Å²) >= 11 is 6.40. The lowest BCUT2D eigenvalue weighted by Crippen LogP contribution is -2.53. The summed E-state index contributed by atoms with van der Waals surface area (Å²) in [5.41, 5.74) is -6.08. The van der Waals surface area contributed by atoms with Crippen molar-refractivity contribution in [2.45, 2.75) is 61.7 Å². The molecular formula is C31H29ClF6N2O6S. The second kappa shape index (κ2) is 12.3.